The normalized spacial score (nSPS) is 11.1. The molecule has 1 aromatic heterocycles. The van der Waals surface area contributed by atoms with Crippen LogP contribution < -0.4 is 0 Å². The molecule has 0 radical (unpaired) electrons. The lowest BCUT2D eigenvalue weighted by Crippen LogP contribution is -2.09. The van der Waals surface area contributed by atoms with Crippen LogP contribution in [0, 0.1) is 0 Å². The lowest BCUT2D eigenvalue weighted by Gasteiger charge is -2.01. The van der Waals surface area contributed by atoms with Gasteiger partial charge in [-0.3, -0.25) is 4.79 Å². The van der Waals surface area contributed by atoms with Gasteiger partial charge in [0, 0.05) is 6.54 Å². The smallest absolute Gasteiger partial charge is 0.162 e. The maximum absolute atomic E-state index is 11.5. The van der Waals surface area contributed by atoms with Crippen LogP contribution in [0.5, 0.6) is 0 Å². The minimum Gasteiger partial charge on any atom is -0.294 e. The average molecular weight is 207 g/mol. The summed E-state index contributed by atoms with van der Waals surface area (Å²) >= 11 is 0. The first kappa shape index (κ1) is 11.6. The minimum atomic E-state index is 0.0854. The molecule has 0 amide bonds. The van der Waals surface area contributed by atoms with Gasteiger partial charge in [0.25, 0.3) is 0 Å². The zero-order valence-corrected chi connectivity index (χ0v) is 9.31. The number of nitrogens with zero attached hydrogens (tertiary/aromatic N) is 3. The first-order chi connectivity index (χ1) is 7.27. The number of carbonyl (C=O) groups is 1. The van der Waals surface area contributed by atoms with E-state index in [1.165, 1.54) is 6.33 Å². The molecule has 0 aliphatic rings. The van der Waals surface area contributed by atoms with E-state index in [2.05, 4.69) is 17.0 Å². The van der Waals surface area contributed by atoms with Crippen molar-refractivity contribution in [3.8, 4) is 0 Å². The molecule has 0 aromatic carbocycles. The van der Waals surface area contributed by atoms with Gasteiger partial charge in [-0.05, 0) is 18.9 Å². The van der Waals surface area contributed by atoms with Gasteiger partial charge in [-0.2, -0.15) is 5.10 Å². The molecule has 0 aliphatic carbocycles. The quantitative estimate of drug-likeness (QED) is 0.668. The molecule has 15 heavy (non-hydrogen) atoms. The molecule has 0 N–H and O–H groups in total. The first-order valence-electron chi connectivity index (χ1n) is 5.34. The third-order valence-corrected chi connectivity index (χ3v) is 2.00. The van der Waals surface area contributed by atoms with Gasteiger partial charge in [-0.1, -0.05) is 19.9 Å². The van der Waals surface area contributed by atoms with Crippen molar-refractivity contribution in [1.82, 2.24) is 14.8 Å². The van der Waals surface area contributed by atoms with Gasteiger partial charge in [0.2, 0.25) is 0 Å². The summed E-state index contributed by atoms with van der Waals surface area (Å²) in [5, 5.41) is 4.07. The Morgan fingerprint density at radius 3 is 3.00 bits per heavy atom. The van der Waals surface area contributed by atoms with Crippen LogP contribution in [0.4, 0.5) is 0 Å². The van der Waals surface area contributed by atoms with Gasteiger partial charge >= 0.3 is 0 Å². The number of aryl methyl sites for hydroxylation is 1. The fourth-order valence-corrected chi connectivity index (χ4v) is 1.29. The van der Waals surface area contributed by atoms with E-state index in [0.29, 0.717) is 6.42 Å². The predicted octanol–water partition coefficient (Wildman–Crippen LogP) is 1.77. The number of hydrogen-bond acceptors (Lipinski definition) is 3. The van der Waals surface area contributed by atoms with E-state index in [4.69, 9.17) is 0 Å². The van der Waals surface area contributed by atoms with Crippen LogP contribution in [0.1, 0.15) is 32.5 Å². The van der Waals surface area contributed by atoms with Crippen LogP contribution >= 0.6 is 0 Å². The highest BCUT2D eigenvalue weighted by molar-refractivity contribution is 5.90. The van der Waals surface area contributed by atoms with Crippen molar-refractivity contribution < 1.29 is 4.79 Å². The molecule has 4 nitrogen and oxygen atoms in total. The SMILES string of the molecule is CC/C=C/C(=O)Cc1ncnn1CCC. The van der Waals surface area contributed by atoms with Crippen LogP contribution in [-0.2, 0) is 17.8 Å². The van der Waals surface area contributed by atoms with E-state index in [0.717, 1.165) is 25.2 Å². The molecule has 0 aliphatic heterocycles. The van der Waals surface area contributed by atoms with Crippen molar-refractivity contribution in [3.63, 3.8) is 0 Å². The largest absolute Gasteiger partial charge is 0.294 e. The molecule has 0 bridgehead atoms. The predicted molar refractivity (Wildman–Crippen MR) is 58.5 cm³/mol. The van der Waals surface area contributed by atoms with Gasteiger partial charge in [-0.15, -0.1) is 0 Å². The Bertz CT molecular complexity index is 341. The maximum Gasteiger partial charge on any atom is 0.162 e. The van der Waals surface area contributed by atoms with Crippen LogP contribution in [0.3, 0.4) is 0 Å². The van der Waals surface area contributed by atoms with Crippen LogP contribution in [-0.4, -0.2) is 20.5 Å². The Hall–Kier alpha value is -1.45. The summed E-state index contributed by atoms with van der Waals surface area (Å²) in [5.74, 6) is 0.838. The second kappa shape index (κ2) is 6.11. The highest BCUT2D eigenvalue weighted by atomic mass is 16.1. The number of hydrogen-bond donors (Lipinski definition) is 0. The van der Waals surface area contributed by atoms with Crippen molar-refractivity contribution in [2.24, 2.45) is 0 Å². The summed E-state index contributed by atoms with van der Waals surface area (Å²) in [6, 6.07) is 0. The van der Waals surface area contributed by atoms with E-state index >= 15 is 0 Å². The minimum absolute atomic E-state index is 0.0854. The number of carbonyl (C=O) groups excluding carboxylic acids is 1. The van der Waals surface area contributed by atoms with Gasteiger partial charge in [0.15, 0.2) is 5.78 Å². The maximum atomic E-state index is 11.5. The van der Waals surface area contributed by atoms with Gasteiger partial charge in [0.05, 0.1) is 6.42 Å². The Balaban J connectivity index is 2.59. The van der Waals surface area contributed by atoms with E-state index < -0.39 is 0 Å². The Morgan fingerprint density at radius 1 is 1.53 bits per heavy atom. The summed E-state index contributed by atoms with van der Waals surface area (Å²) in [7, 11) is 0. The second-order valence-electron chi connectivity index (χ2n) is 3.35. The Morgan fingerprint density at radius 2 is 2.33 bits per heavy atom. The third-order valence-electron chi connectivity index (χ3n) is 2.00. The Kier molecular flexibility index (Phi) is 4.74. The monoisotopic (exact) mass is 207 g/mol. The molecule has 1 heterocycles. The summed E-state index contributed by atoms with van der Waals surface area (Å²) in [6.45, 7) is 4.90. The van der Waals surface area contributed by atoms with Crippen molar-refractivity contribution in [1.29, 1.82) is 0 Å². The molecule has 82 valence electrons. The van der Waals surface area contributed by atoms with Crippen molar-refractivity contribution in [2.75, 3.05) is 0 Å². The summed E-state index contributed by atoms with van der Waals surface area (Å²) in [5.41, 5.74) is 0. The molecule has 1 aromatic rings. The average Bonchev–Trinajstić information content (AvgIpc) is 2.63. The Labute approximate surface area is 90.0 Å². The molecule has 0 fully saturated rings. The summed E-state index contributed by atoms with van der Waals surface area (Å²) in [6.07, 6.45) is 7.20. The fraction of sp³-hybridized carbons (Fsp3) is 0.545. The van der Waals surface area contributed by atoms with Crippen LogP contribution in [0.25, 0.3) is 0 Å². The van der Waals surface area contributed by atoms with E-state index in [9.17, 15) is 4.79 Å². The topological polar surface area (TPSA) is 47.8 Å². The van der Waals surface area contributed by atoms with Gasteiger partial charge in [0.1, 0.15) is 12.2 Å². The third kappa shape index (κ3) is 3.65. The van der Waals surface area contributed by atoms with Crippen LogP contribution in [0.2, 0.25) is 0 Å². The van der Waals surface area contributed by atoms with Crippen molar-refractivity contribution >= 4 is 5.78 Å². The lowest BCUT2D eigenvalue weighted by atomic mass is 10.2. The highest BCUT2D eigenvalue weighted by Gasteiger charge is 2.06. The molecule has 0 unspecified atom stereocenters. The summed E-state index contributed by atoms with van der Waals surface area (Å²) in [4.78, 5) is 15.5. The van der Waals surface area contributed by atoms with Gasteiger partial charge < -0.3 is 0 Å². The molecule has 0 saturated carbocycles. The standard InChI is InChI=1S/C11H17N3O/c1-3-5-6-10(15)8-11-12-9-13-14(11)7-4-2/h5-6,9H,3-4,7-8H2,1-2H3/b6-5+. The van der Waals surface area contributed by atoms with E-state index in [1.807, 2.05) is 13.0 Å². The van der Waals surface area contributed by atoms with E-state index in [-0.39, 0.29) is 5.78 Å². The first-order valence-corrected chi connectivity index (χ1v) is 5.34. The number of allylic oxidation sites excluding steroid dienone is 2. The van der Waals surface area contributed by atoms with Crippen molar-refractivity contribution in [3.05, 3.63) is 24.3 Å². The fourth-order valence-electron chi connectivity index (χ4n) is 1.29. The number of rotatable bonds is 6. The molecular weight excluding hydrogens is 190 g/mol. The van der Waals surface area contributed by atoms with Crippen LogP contribution in [0.15, 0.2) is 18.5 Å². The molecular formula is C11H17N3O. The molecule has 4 heteroatoms. The van der Waals surface area contributed by atoms with E-state index in [1.54, 1.807) is 10.8 Å². The van der Waals surface area contributed by atoms with Crippen molar-refractivity contribution in [2.45, 2.75) is 39.7 Å². The zero-order valence-electron chi connectivity index (χ0n) is 9.31. The summed E-state index contributed by atoms with van der Waals surface area (Å²) < 4.78 is 1.79. The molecule has 0 spiro atoms. The lowest BCUT2D eigenvalue weighted by molar-refractivity contribution is -0.114. The number of ketones is 1. The molecule has 0 saturated heterocycles. The second-order valence-corrected chi connectivity index (χ2v) is 3.35. The zero-order chi connectivity index (χ0) is 11.1. The van der Waals surface area contributed by atoms with Gasteiger partial charge in [-0.25, -0.2) is 9.67 Å². The highest BCUT2D eigenvalue weighted by Crippen LogP contribution is 1.99. The molecule has 0 atom stereocenters. The molecule has 1 rings (SSSR count). The number of aromatic nitrogens is 3.